The second-order valence-corrected chi connectivity index (χ2v) is 6.52. The molecule has 2 N–H and O–H groups in total. The zero-order valence-electron chi connectivity index (χ0n) is 12.9. The van der Waals surface area contributed by atoms with Crippen LogP contribution in [0, 0.1) is 0 Å². The highest BCUT2D eigenvalue weighted by molar-refractivity contribution is 7.99. The molecule has 0 bridgehead atoms. The van der Waals surface area contributed by atoms with Gasteiger partial charge in [0.2, 0.25) is 0 Å². The van der Waals surface area contributed by atoms with Crippen molar-refractivity contribution in [3.05, 3.63) is 48.0 Å². The van der Waals surface area contributed by atoms with Gasteiger partial charge >= 0.3 is 0 Å². The first kappa shape index (κ1) is 15.8. The Morgan fingerprint density at radius 2 is 1.71 bits per heavy atom. The van der Waals surface area contributed by atoms with Crippen molar-refractivity contribution in [1.82, 2.24) is 0 Å². The van der Waals surface area contributed by atoms with Crippen LogP contribution in [0.1, 0.15) is 38.7 Å². The van der Waals surface area contributed by atoms with Crippen molar-refractivity contribution >= 4 is 17.4 Å². The molecule has 0 aliphatic carbocycles. The number of benzene rings is 2. The molecular weight excluding hydrogens is 278 g/mol. The van der Waals surface area contributed by atoms with Gasteiger partial charge in [0.1, 0.15) is 5.75 Å². The van der Waals surface area contributed by atoms with E-state index < -0.39 is 0 Å². The summed E-state index contributed by atoms with van der Waals surface area (Å²) in [6.07, 6.45) is 0.980. The SMILES string of the molecule is CCCOc1cc(Sc2ccc(C(C)C)cc2)ccc1N. The maximum absolute atomic E-state index is 5.94. The van der Waals surface area contributed by atoms with Crippen LogP contribution in [0.2, 0.25) is 0 Å². The quantitative estimate of drug-likeness (QED) is 0.732. The summed E-state index contributed by atoms with van der Waals surface area (Å²) in [4.78, 5) is 2.37. The van der Waals surface area contributed by atoms with E-state index >= 15 is 0 Å². The van der Waals surface area contributed by atoms with Gasteiger partial charge in [-0.3, -0.25) is 0 Å². The zero-order chi connectivity index (χ0) is 15.2. The van der Waals surface area contributed by atoms with E-state index in [4.69, 9.17) is 10.5 Å². The second kappa shape index (κ2) is 7.41. The predicted molar refractivity (Wildman–Crippen MR) is 91.3 cm³/mol. The van der Waals surface area contributed by atoms with Crippen LogP contribution in [0.4, 0.5) is 5.69 Å². The molecule has 0 atom stereocenters. The molecule has 0 heterocycles. The van der Waals surface area contributed by atoms with Crippen molar-refractivity contribution in [2.24, 2.45) is 0 Å². The van der Waals surface area contributed by atoms with Crippen LogP contribution in [-0.2, 0) is 0 Å². The van der Waals surface area contributed by atoms with Crippen LogP contribution in [0.3, 0.4) is 0 Å². The van der Waals surface area contributed by atoms with Crippen molar-refractivity contribution in [1.29, 1.82) is 0 Å². The minimum absolute atomic E-state index is 0.564. The van der Waals surface area contributed by atoms with Gasteiger partial charge in [-0.2, -0.15) is 0 Å². The average molecular weight is 301 g/mol. The van der Waals surface area contributed by atoms with Crippen molar-refractivity contribution in [2.45, 2.75) is 42.9 Å². The summed E-state index contributed by atoms with van der Waals surface area (Å²) in [6.45, 7) is 7.20. The van der Waals surface area contributed by atoms with Crippen LogP contribution in [-0.4, -0.2) is 6.61 Å². The average Bonchev–Trinajstić information content (AvgIpc) is 2.48. The number of hydrogen-bond donors (Lipinski definition) is 1. The molecular formula is C18H23NOS. The molecule has 0 aliphatic heterocycles. The van der Waals surface area contributed by atoms with Gasteiger partial charge in [0, 0.05) is 9.79 Å². The Balaban J connectivity index is 2.11. The fraction of sp³-hybridized carbons (Fsp3) is 0.333. The summed E-state index contributed by atoms with van der Waals surface area (Å²) >= 11 is 1.73. The molecule has 0 saturated heterocycles. The molecule has 112 valence electrons. The zero-order valence-corrected chi connectivity index (χ0v) is 13.7. The summed E-state index contributed by atoms with van der Waals surface area (Å²) in [5.74, 6) is 1.34. The van der Waals surface area contributed by atoms with E-state index in [1.165, 1.54) is 10.5 Å². The minimum atomic E-state index is 0.564. The number of hydrogen-bond acceptors (Lipinski definition) is 3. The molecule has 2 nitrogen and oxygen atoms in total. The van der Waals surface area contributed by atoms with E-state index in [0.717, 1.165) is 17.1 Å². The number of ether oxygens (including phenoxy) is 1. The molecule has 0 saturated carbocycles. The molecule has 0 aliphatic rings. The molecule has 21 heavy (non-hydrogen) atoms. The van der Waals surface area contributed by atoms with Crippen LogP contribution < -0.4 is 10.5 Å². The third-order valence-corrected chi connectivity index (χ3v) is 4.23. The smallest absolute Gasteiger partial charge is 0.143 e. The summed E-state index contributed by atoms with van der Waals surface area (Å²) < 4.78 is 5.68. The second-order valence-electron chi connectivity index (χ2n) is 5.37. The maximum Gasteiger partial charge on any atom is 0.143 e. The lowest BCUT2D eigenvalue weighted by Gasteiger charge is -2.10. The van der Waals surface area contributed by atoms with Crippen molar-refractivity contribution in [3.8, 4) is 5.75 Å². The van der Waals surface area contributed by atoms with Gasteiger partial charge < -0.3 is 10.5 Å². The Morgan fingerprint density at radius 3 is 2.33 bits per heavy atom. The van der Waals surface area contributed by atoms with E-state index in [1.807, 2.05) is 18.2 Å². The first-order chi connectivity index (χ1) is 10.1. The van der Waals surface area contributed by atoms with Gasteiger partial charge in [-0.05, 0) is 48.2 Å². The molecule has 3 heteroatoms. The summed E-state index contributed by atoms with van der Waals surface area (Å²) in [5.41, 5.74) is 8.00. The molecule has 2 aromatic carbocycles. The highest BCUT2D eigenvalue weighted by Crippen LogP contribution is 2.33. The lowest BCUT2D eigenvalue weighted by Crippen LogP contribution is -1.98. The molecule has 0 spiro atoms. The molecule has 2 aromatic rings. The first-order valence-electron chi connectivity index (χ1n) is 7.40. The Labute approximate surface area is 131 Å². The largest absolute Gasteiger partial charge is 0.491 e. The van der Waals surface area contributed by atoms with Crippen LogP contribution in [0.25, 0.3) is 0 Å². The lowest BCUT2D eigenvalue weighted by atomic mass is 10.0. The van der Waals surface area contributed by atoms with E-state index in [0.29, 0.717) is 18.2 Å². The lowest BCUT2D eigenvalue weighted by molar-refractivity contribution is 0.318. The van der Waals surface area contributed by atoms with Crippen LogP contribution >= 0.6 is 11.8 Å². The molecule has 0 radical (unpaired) electrons. The highest BCUT2D eigenvalue weighted by atomic mass is 32.2. The van der Waals surface area contributed by atoms with Crippen molar-refractivity contribution in [2.75, 3.05) is 12.3 Å². The third kappa shape index (κ3) is 4.43. The molecule has 2 rings (SSSR count). The predicted octanol–water partition coefficient (Wildman–Crippen LogP) is 5.33. The van der Waals surface area contributed by atoms with E-state index in [9.17, 15) is 0 Å². The first-order valence-corrected chi connectivity index (χ1v) is 8.22. The normalized spacial score (nSPS) is 10.9. The number of rotatable bonds is 6. The van der Waals surface area contributed by atoms with Gasteiger partial charge in [0.05, 0.1) is 12.3 Å². The van der Waals surface area contributed by atoms with Gasteiger partial charge in [-0.25, -0.2) is 0 Å². The molecule has 0 fully saturated rings. The van der Waals surface area contributed by atoms with Gasteiger partial charge in [-0.1, -0.05) is 44.7 Å². The van der Waals surface area contributed by atoms with Crippen LogP contribution in [0.15, 0.2) is 52.3 Å². The van der Waals surface area contributed by atoms with Crippen LogP contribution in [0.5, 0.6) is 5.75 Å². The monoisotopic (exact) mass is 301 g/mol. The Bertz CT molecular complexity index is 578. The summed E-state index contributed by atoms with van der Waals surface area (Å²) in [6, 6.07) is 14.7. The van der Waals surface area contributed by atoms with E-state index in [1.54, 1.807) is 11.8 Å². The highest BCUT2D eigenvalue weighted by Gasteiger charge is 2.05. The molecule has 0 aromatic heterocycles. The van der Waals surface area contributed by atoms with Gasteiger partial charge in [0.15, 0.2) is 0 Å². The Kier molecular flexibility index (Phi) is 5.57. The Morgan fingerprint density at radius 1 is 1.05 bits per heavy atom. The summed E-state index contributed by atoms with van der Waals surface area (Å²) in [5, 5.41) is 0. The number of nitrogens with two attached hydrogens (primary N) is 1. The fourth-order valence-electron chi connectivity index (χ4n) is 1.97. The molecule has 0 unspecified atom stereocenters. The third-order valence-electron chi connectivity index (χ3n) is 3.23. The van der Waals surface area contributed by atoms with Crippen molar-refractivity contribution in [3.63, 3.8) is 0 Å². The van der Waals surface area contributed by atoms with Gasteiger partial charge in [-0.15, -0.1) is 0 Å². The Hall–Kier alpha value is -1.61. The van der Waals surface area contributed by atoms with E-state index in [-0.39, 0.29) is 0 Å². The standard InChI is InChI=1S/C18H23NOS/c1-4-11-20-18-12-16(9-10-17(18)19)21-15-7-5-14(6-8-15)13(2)3/h5-10,12-13H,4,11,19H2,1-3H3. The topological polar surface area (TPSA) is 35.2 Å². The molecule has 0 amide bonds. The number of anilines is 1. The summed E-state index contributed by atoms with van der Waals surface area (Å²) in [7, 11) is 0. The fourth-order valence-corrected chi connectivity index (χ4v) is 2.82. The van der Waals surface area contributed by atoms with Gasteiger partial charge in [0.25, 0.3) is 0 Å². The van der Waals surface area contributed by atoms with E-state index in [2.05, 4.69) is 45.0 Å². The maximum atomic E-state index is 5.94. The minimum Gasteiger partial charge on any atom is -0.491 e. The number of nitrogen functional groups attached to an aromatic ring is 1. The van der Waals surface area contributed by atoms with Crippen molar-refractivity contribution < 1.29 is 4.74 Å².